The van der Waals surface area contributed by atoms with Gasteiger partial charge in [-0.1, -0.05) is 30.3 Å². The molecule has 2 aliphatic rings. The fourth-order valence-electron chi connectivity index (χ4n) is 4.79. The highest BCUT2D eigenvalue weighted by Crippen LogP contribution is 2.41. The molecule has 176 valence electrons. The number of esters is 1. The van der Waals surface area contributed by atoms with Gasteiger partial charge in [-0.05, 0) is 51.5 Å². The fraction of sp³-hybridized carbons (Fsp3) is 0.625. The van der Waals surface area contributed by atoms with Crippen LogP contribution in [0.4, 0.5) is 0 Å². The summed E-state index contributed by atoms with van der Waals surface area (Å²) >= 11 is 0. The maximum absolute atomic E-state index is 13.3. The zero-order valence-corrected chi connectivity index (χ0v) is 18.9. The maximum atomic E-state index is 13.3. The minimum atomic E-state index is -1.00. The normalized spacial score (nSPS) is 24.8. The smallest absolute Gasteiger partial charge is 0.326 e. The van der Waals surface area contributed by atoms with Crippen LogP contribution in [0.1, 0.15) is 45.1 Å². The van der Waals surface area contributed by atoms with E-state index in [9.17, 15) is 19.5 Å². The minimum Gasteiger partial charge on any atom is -0.480 e. The lowest BCUT2D eigenvalue weighted by Crippen LogP contribution is -2.53. The average Bonchev–Trinajstić information content (AvgIpc) is 3.16. The lowest BCUT2D eigenvalue weighted by molar-refractivity contribution is -0.150. The first kappa shape index (κ1) is 24.2. The number of carbonyl (C=O) groups excluding carboxylic acids is 2. The molecular weight excluding hydrogens is 412 g/mol. The number of carboxylic acids is 1. The lowest BCUT2D eigenvalue weighted by Gasteiger charge is -2.33. The second kappa shape index (κ2) is 10.9. The Bertz CT molecular complexity index is 793. The van der Waals surface area contributed by atoms with E-state index in [2.05, 4.69) is 5.32 Å². The number of carbonyl (C=O) groups is 3. The van der Waals surface area contributed by atoms with E-state index in [1.165, 1.54) is 4.90 Å². The summed E-state index contributed by atoms with van der Waals surface area (Å²) in [7, 11) is 0. The lowest BCUT2D eigenvalue weighted by atomic mass is 9.80. The molecule has 32 heavy (non-hydrogen) atoms. The summed E-state index contributed by atoms with van der Waals surface area (Å²) < 4.78 is 10.8. The van der Waals surface area contributed by atoms with Gasteiger partial charge >= 0.3 is 11.9 Å². The number of aliphatic carboxylic acids is 1. The molecule has 2 N–H and O–H groups in total. The monoisotopic (exact) mass is 446 g/mol. The van der Waals surface area contributed by atoms with Gasteiger partial charge in [-0.2, -0.15) is 0 Å². The molecule has 2 heterocycles. The number of amides is 1. The van der Waals surface area contributed by atoms with E-state index >= 15 is 0 Å². The number of likely N-dealkylation sites (tertiary alicyclic amines) is 1. The van der Waals surface area contributed by atoms with Crippen LogP contribution in [0.25, 0.3) is 0 Å². The summed E-state index contributed by atoms with van der Waals surface area (Å²) in [6, 6.07) is 7.54. The Balaban J connectivity index is 1.68. The second-order valence-electron chi connectivity index (χ2n) is 8.90. The van der Waals surface area contributed by atoms with Gasteiger partial charge in [-0.25, -0.2) is 4.79 Å². The van der Waals surface area contributed by atoms with Gasteiger partial charge in [0.2, 0.25) is 5.91 Å². The number of carboxylic acid groups (broad SMARTS) is 1. The summed E-state index contributed by atoms with van der Waals surface area (Å²) in [6.07, 6.45) is 3.24. The Morgan fingerprint density at radius 2 is 2.06 bits per heavy atom. The van der Waals surface area contributed by atoms with Gasteiger partial charge < -0.3 is 19.5 Å². The van der Waals surface area contributed by atoms with Crippen LogP contribution in [0.15, 0.2) is 30.3 Å². The highest BCUT2D eigenvalue weighted by molar-refractivity contribution is 5.88. The molecule has 8 heteroatoms. The molecule has 3 unspecified atom stereocenters. The van der Waals surface area contributed by atoms with E-state index in [1.807, 2.05) is 30.3 Å². The summed E-state index contributed by atoms with van der Waals surface area (Å²) in [5, 5.41) is 12.9. The molecule has 0 saturated carbocycles. The molecule has 0 bridgehead atoms. The summed E-state index contributed by atoms with van der Waals surface area (Å²) in [6.45, 7) is 5.19. The largest absolute Gasteiger partial charge is 0.480 e. The van der Waals surface area contributed by atoms with Crippen molar-refractivity contribution in [2.24, 2.45) is 5.41 Å². The molecule has 0 aliphatic carbocycles. The number of ether oxygens (including phenoxy) is 2. The molecule has 0 radical (unpaired) electrons. The van der Waals surface area contributed by atoms with Gasteiger partial charge in [0, 0.05) is 18.6 Å². The molecule has 1 spiro atoms. The number of hydrogen-bond acceptors (Lipinski definition) is 6. The second-order valence-corrected chi connectivity index (χ2v) is 8.90. The average molecular weight is 447 g/mol. The van der Waals surface area contributed by atoms with Crippen LogP contribution in [0.3, 0.4) is 0 Å². The van der Waals surface area contributed by atoms with E-state index in [4.69, 9.17) is 9.47 Å². The molecule has 0 aromatic heterocycles. The quantitative estimate of drug-likeness (QED) is 0.559. The molecule has 1 amide bonds. The third-order valence-electron chi connectivity index (χ3n) is 6.44. The highest BCUT2D eigenvalue weighted by Gasteiger charge is 2.50. The van der Waals surface area contributed by atoms with E-state index in [0.717, 1.165) is 18.4 Å². The molecular formula is C24H34N2O6. The molecule has 3 rings (SSSR count). The predicted octanol–water partition coefficient (Wildman–Crippen LogP) is 2.01. The molecule has 1 aromatic carbocycles. The van der Waals surface area contributed by atoms with Crippen LogP contribution in [0, 0.1) is 5.41 Å². The zero-order valence-electron chi connectivity index (χ0n) is 18.9. The molecule has 4 atom stereocenters. The fourth-order valence-corrected chi connectivity index (χ4v) is 4.79. The van der Waals surface area contributed by atoms with Crippen molar-refractivity contribution in [2.45, 2.75) is 64.1 Å². The van der Waals surface area contributed by atoms with E-state index < -0.39 is 30.1 Å². The third-order valence-corrected chi connectivity index (χ3v) is 6.44. The van der Waals surface area contributed by atoms with Gasteiger partial charge in [0.05, 0.1) is 19.3 Å². The van der Waals surface area contributed by atoms with Crippen molar-refractivity contribution in [3.05, 3.63) is 35.9 Å². The molecule has 2 aliphatic heterocycles. The standard InChI is InChI=1S/C24H34N2O6/c1-3-32-23(30)19(11-10-18-8-5-4-6-9-18)25-17(2)21(27)26-15-24(12-7-13-31-16-24)14-20(26)22(28)29/h4-6,8-9,17,19-20,25H,3,7,10-16H2,1-2H3,(H,28,29)/t17-,19?,20?,24?/m0/s1. The van der Waals surface area contributed by atoms with Gasteiger partial charge in [0.15, 0.2) is 0 Å². The molecule has 8 nitrogen and oxygen atoms in total. The molecule has 1 aromatic rings. The van der Waals surface area contributed by atoms with E-state index in [1.54, 1.807) is 13.8 Å². The first-order valence-corrected chi connectivity index (χ1v) is 11.4. The SMILES string of the molecule is CCOC(=O)C(CCc1ccccc1)N[C@@H](C)C(=O)N1CC2(CCCOC2)CC1C(=O)O. The van der Waals surface area contributed by atoms with Gasteiger partial charge in [-0.3, -0.25) is 14.9 Å². The van der Waals surface area contributed by atoms with E-state index in [-0.39, 0.29) is 17.9 Å². The number of rotatable bonds is 9. The number of nitrogens with zero attached hydrogens (tertiary/aromatic N) is 1. The molecule has 2 fully saturated rings. The van der Waals surface area contributed by atoms with Crippen molar-refractivity contribution in [3.63, 3.8) is 0 Å². The van der Waals surface area contributed by atoms with Crippen LogP contribution in [-0.4, -0.2) is 72.3 Å². The van der Waals surface area contributed by atoms with Gasteiger partial charge in [-0.15, -0.1) is 0 Å². The van der Waals surface area contributed by atoms with Crippen molar-refractivity contribution >= 4 is 17.8 Å². The van der Waals surface area contributed by atoms with Crippen LogP contribution >= 0.6 is 0 Å². The van der Waals surface area contributed by atoms with Gasteiger partial charge in [0.25, 0.3) is 0 Å². The maximum Gasteiger partial charge on any atom is 0.326 e. The summed E-state index contributed by atoms with van der Waals surface area (Å²) in [5.74, 6) is -1.72. The number of nitrogens with one attached hydrogen (secondary N) is 1. The van der Waals surface area contributed by atoms with Crippen LogP contribution < -0.4 is 5.32 Å². The molecule has 2 saturated heterocycles. The van der Waals surface area contributed by atoms with Crippen molar-refractivity contribution in [2.75, 3.05) is 26.4 Å². The summed E-state index contributed by atoms with van der Waals surface area (Å²) in [4.78, 5) is 39.2. The highest BCUT2D eigenvalue weighted by atomic mass is 16.5. The Hall–Kier alpha value is -2.45. The Morgan fingerprint density at radius 3 is 2.69 bits per heavy atom. The minimum absolute atomic E-state index is 0.250. The summed E-state index contributed by atoms with van der Waals surface area (Å²) in [5.41, 5.74) is 0.789. The van der Waals surface area contributed by atoms with Crippen molar-refractivity contribution in [3.8, 4) is 0 Å². The topological polar surface area (TPSA) is 105 Å². The number of aryl methyl sites for hydroxylation is 1. The van der Waals surface area contributed by atoms with Crippen LogP contribution in [0.5, 0.6) is 0 Å². The van der Waals surface area contributed by atoms with Crippen LogP contribution in [0.2, 0.25) is 0 Å². The zero-order chi connectivity index (χ0) is 23.1. The van der Waals surface area contributed by atoms with Crippen molar-refractivity contribution in [1.82, 2.24) is 10.2 Å². The van der Waals surface area contributed by atoms with Crippen molar-refractivity contribution < 1.29 is 29.0 Å². The Morgan fingerprint density at radius 1 is 1.31 bits per heavy atom. The van der Waals surface area contributed by atoms with Crippen LogP contribution in [-0.2, 0) is 30.3 Å². The number of benzene rings is 1. The van der Waals surface area contributed by atoms with Gasteiger partial charge in [0.1, 0.15) is 12.1 Å². The Labute approximate surface area is 189 Å². The number of hydrogen-bond donors (Lipinski definition) is 2. The van der Waals surface area contributed by atoms with E-state index in [0.29, 0.717) is 39.0 Å². The van der Waals surface area contributed by atoms with Crippen molar-refractivity contribution in [1.29, 1.82) is 0 Å². The first-order chi connectivity index (χ1) is 15.3. The Kier molecular flexibility index (Phi) is 8.26. The first-order valence-electron chi connectivity index (χ1n) is 11.4. The third kappa shape index (κ3) is 5.86. The predicted molar refractivity (Wildman–Crippen MR) is 118 cm³/mol.